The van der Waals surface area contributed by atoms with E-state index in [-0.39, 0.29) is 5.56 Å². The summed E-state index contributed by atoms with van der Waals surface area (Å²) in [5, 5.41) is 13.4. The molecule has 1 aliphatic heterocycles. The lowest BCUT2D eigenvalue weighted by atomic mass is 10.1. The topological polar surface area (TPSA) is 78.1 Å². The van der Waals surface area contributed by atoms with Crippen LogP contribution in [0.4, 0.5) is 0 Å². The number of piperazine rings is 1. The van der Waals surface area contributed by atoms with E-state index in [1.807, 2.05) is 36.4 Å². The highest BCUT2D eigenvalue weighted by Gasteiger charge is 2.17. The van der Waals surface area contributed by atoms with Crippen molar-refractivity contribution in [2.24, 2.45) is 0 Å². The van der Waals surface area contributed by atoms with Crippen molar-refractivity contribution < 1.29 is 0 Å². The van der Waals surface area contributed by atoms with Crippen LogP contribution in [-0.4, -0.2) is 57.3 Å². The molecule has 4 rings (SSSR count). The van der Waals surface area contributed by atoms with Gasteiger partial charge in [0, 0.05) is 63.3 Å². The second-order valence-corrected chi connectivity index (χ2v) is 7.44. The van der Waals surface area contributed by atoms with Crippen molar-refractivity contribution in [2.75, 3.05) is 32.7 Å². The maximum Gasteiger partial charge on any atom is 0.266 e. The Morgan fingerprint density at radius 3 is 2.27 bits per heavy atom. The average Bonchev–Trinajstić information content (AvgIpc) is 2.80. The Kier molecular flexibility index (Phi) is 6.28. The third kappa shape index (κ3) is 4.98. The van der Waals surface area contributed by atoms with Crippen LogP contribution in [0.1, 0.15) is 11.1 Å². The zero-order valence-corrected chi connectivity index (χ0v) is 16.8. The van der Waals surface area contributed by atoms with E-state index < -0.39 is 0 Å². The van der Waals surface area contributed by atoms with Crippen molar-refractivity contribution in [2.45, 2.75) is 13.1 Å². The molecule has 152 valence electrons. The monoisotopic (exact) mass is 400 g/mol. The van der Waals surface area contributed by atoms with Crippen molar-refractivity contribution in [3.8, 4) is 17.3 Å². The summed E-state index contributed by atoms with van der Waals surface area (Å²) in [4.78, 5) is 21.0. The molecule has 0 saturated carbocycles. The van der Waals surface area contributed by atoms with Crippen LogP contribution in [0.15, 0.2) is 65.7 Å². The molecular weight excluding hydrogens is 376 g/mol. The lowest BCUT2D eigenvalue weighted by Crippen LogP contribution is -2.47. The van der Waals surface area contributed by atoms with Gasteiger partial charge in [0.25, 0.3) is 5.56 Å². The zero-order valence-electron chi connectivity index (χ0n) is 16.8. The van der Waals surface area contributed by atoms with Crippen LogP contribution < -0.4 is 5.56 Å². The van der Waals surface area contributed by atoms with Crippen molar-refractivity contribution >= 4 is 0 Å². The fourth-order valence-electron chi connectivity index (χ4n) is 3.64. The largest absolute Gasteiger partial charge is 0.299 e. The Bertz CT molecular complexity index is 1060. The minimum atomic E-state index is -0.0766. The number of pyridine rings is 1. The molecule has 0 unspecified atom stereocenters. The normalized spacial score (nSPS) is 15.0. The molecule has 1 aromatic carbocycles. The minimum Gasteiger partial charge on any atom is -0.299 e. The molecular formula is C23H24N6O. The Morgan fingerprint density at radius 2 is 1.57 bits per heavy atom. The van der Waals surface area contributed by atoms with Gasteiger partial charge < -0.3 is 0 Å². The highest BCUT2D eigenvalue weighted by molar-refractivity contribution is 5.56. The second kappa shape index (κ2) is 9.44. The van der Waals surface area contributed by atoms with Gasteiger partial charge >= 0.3 is 0 Å². The van der Waals surface area contributed by atoms with E-state index in [9.17, 15) is 4.79 Å². The van der Waals surface area contributed by atoms with Crippen molar-refractivity contribution in [1.29, 1.82) is 5.26 Å². The van der Waals surface area contributed by atoms with Gasteiger partial charge in [-0.1, -0.05) is 12.1 Å². The van der Waals surface area contributed by atoms with E-state index in [0.29, 0.717) is 12.1 Å². The molecule has 3 aromatic rings. The van der Waals surface area contributed by atoms with Crippen molar-refractivity contribution in [3.63, 3.8) is 0 Å². The van der Waals surface area contributed by atoms with Crippen LogP contribution in [0, 0.1) is 11.3 Å². The number of hydrogen-bond acceptors (Lipinski definition) is 6. The van der Waals surface area contributed by atoms with Gasteiger partial charge in [0.05, 0.1) is 23.9 Å². The van der Waals surface area contributed by atoms with Crippen molar-refractivity contribution in [1.82, 2.24) is 24.6 Å². The van der Waals surface area contributed by atoms with E-state index in [1.165, 1.54) is 5.56 Å². The summed E-state index contributed by atoms with van der Waals surface area (Å²) < 4.78 is 1.55. The third-order valence-corrected chi connectivity index (χ3v) is 5.42. The predicted molar refractivity (Wildman–Crippen MR) is 115 cm³/mol. The number of hydrogen-bond donors (Lipinski definition) is 0. The highest BCUT2D eigenvalue weighted by Crippen LogP contribution is 2.13. The third-order valence-electron chi connectivity index (χ3n) is 5.42. The minimum absolute atomic E-state index is 0.0766. The first-order chi connectivity index (χ1) is 14.7. The molecule has 7 heteroatoms. The Balaban J connectivity index is 1.29. The molecule has 0 spiro atoms. The summed E-state index contributed by atoms with van der Waals surface area (Å²) in [7, 11) is 0. The van der Waals surface area contributed by atoms with Gasteiger partial charge in [-0.3, -0.25) is 19.6 Å². The Morgan fingerprint density at radius 1 is 0.867 bits per heavy atom. The van der Waals surface area contributed by atoms with E-state index in [4.69, 9.17) is 5.26 Å². The molecule has 3 heterocycles. The van der Waals surface area contributed by atoms with E-state index >= 15 is 0 Å². The lowest BCUT2D eigenvalue weighted by molar-refractivity contribution is 0.122. The molecule has 7 nitrogen and oxygen atoms in total. The summed E-state index contributed by atoms with van der Waals surface area (Å²) in [6, 6.07) is 17.1. The molecule has 0 amide bonds. The molecule has 30 heavy (non-hydrogen) atoms. The van der Waals surface area contributed by atoms with Crippen LogP contribution >= 0.6 is 0 Å². The quantitative estimate of drug-likeness (QED) is 0.630. The average molecular weight is 400 g/mol. The highest BCUT2D eigenvalue weighted by atomic mass is 16.1. The fourth-order valence-corrected chi connectivity index (χ4v) is 3.64. The predicted octanol–water partition coefficient (Wildman–Crippen LogP) is 1.99. The Hall–Kier alpha value is -3.34. The first-order valence-electron chi connectivity index (χ1n) is 10.1. The van der Waals surface area contributed by atoms with Gasteiger partial charge in [-0.25, -0.2) is 4.68 Å². The second-order valence-electron chi connectivity index (χ2n) is 7.44. The van der Waals surface area contributed by atoms with Gasteiger partial charge in [0.15, 0.2) is 0 Å². The number of benzene rings is 1. The maximum absolute atomic E-state index is 12.2. The van der Waals surface area contributed by atoms with Crippen molar-refractivity contribution in [3.05, 3.63) is 82.4 Å². The summed E-state index contributed by atoms with van der Waals surface area (Å²) in [5.41, 5.74) is 3.58. The SMILES string of the molecule is N#Cc1ccc(CN2CCN(CCn3nc(-c4ccncc4)ccc3=O)CC2)cc1. The number of nitrogens with zero attached hydrogens (tertiary/aromatic N) is 6. The molecule has 1 fully saturated rings. The first-order valence-corrected chi connectivity index (χ1v) is 10.1. The summed E-state index contributed by atoms with van der Waals surface area (Å²) >= 11 is 0. The number of rotatable bonds is 6. The molecule has 0 N–H and O–H groups in total. The van der Waals surface area contributed by atoms with Gasteiger partial charge in [-0.05, 0) is 35.9 Å². The van der Waals surface area contributed by atoms with Crippen LogP contribution in [-0.2, 0) is 13.1 Å². The van der Waals surface area contributed by atoms with E-state index in [1.54, 1.807) is 29.2 Å². The van der Waals surface area contributed by atoms with E-state index in [0.717, 1.165) is 50.5 Å². The maximum atomic E-state index is 12.2. The van der Waals surface area contributed by atoms with Gasteiger partial charge in [-0.15, -0.1) is 0 Å². The standard InChI is InChI=1S/C23H24N6O/c24-17-19-1-3-20(4-2-19)18-28-13-11-27(12-14-28)15-16-29-23(30)6-5-22(26-29)21-7-9-25-10-8-21/h1-10H,11-16,18H2. The van der Waals surface area contributed by atoms with Gasteiger partial charge in [0.1, 0.15) is 0 Å². The van der Waals surface area contributed by atoms with Gasteiger partial charge in [0.2, 0.25) is 0 Å². The summed E-state index contributed by atoms with van der Waals surface area (Å²) in [5.74, 6) is 0. The molecule has 0 bridgehead atoms. The van der Waals surface area contributed by atoms with Gasteiger partial charge in [-0.2, -0.15) is 10.4 Å². The smallest absolute Gasteiger partial charge is 0.266 e. The molecule has 0 aliphatic carbocycles. The molecule has 2 aromatic heterocycles. The van der Waals surface area contributed by atoms with E-state index in [2.05, 4.69) is 26.0 Å². The fraction of sp³-hybridized carbons (Fsp3) is 0.304. The number of nitriles is 1. The Labute approximate surface area is 175 Å². The lowest BCUT2D eigenvalue weighted by Gasteiger charge is -2.34. The molecule has 1 aliphatic rings. The zero-order chi connectivity index (χ0) is 20.8. The van der Waals surface area contributed by atoms with Crippen LogP contribution in [0.5, 0.6) is 0 Å². The van der Waals surface area contributed by atoms with Crippen LogP contribution in [0.3, 0.4) is 0 Å². The van der Waals surface area contributed by atoms with Crippen LogP contribution in [0.2, 0.25) is 0 Å². The summed E-state index contributed by atoms with van der Waals surface area (Å²) in [6.07, 6.45) is 3.45. The summed E-state index contributed by atoms with van der Waals surface area (Å²) in [6.45, 7) is 6.18. The molecule has 0 atom stereocenters. The first kappa shape index (κ1) is 20.0. The molecule has 1 saturated heterocycles. The number of aromatic nitrogens is 3. The molecule has 0 radical (unpaired) electrons. The van der Waals surface area contributed by atoms with Crippen LogP contribution in [0.25, 0.3) is 11.3 Å².